The standard InChI is InChI=1S/C15H11ClF2O2/c1-9(15(19)10-3-2-4-11(16)7-10)20-14-8-12(17)5-6-13(14)18/h2-9H,1H3. The van der Waals surface area contributed by atoms with E-state index in [1.165, 1.54) is 13.0 Å². The SMILES string of the molecule is CC(Oc1cc(F)ccc1F)C(=O)c1cccc(Cl)c1. The number of carbonyl (C=O) groups excluding carboxylic acids is 1. The van der Waals surface area contributed by atoms with Gasteiger partial charge in [0.25, 0.3) is 0 Å². The van der Waals surface area contributed by atoms with Crippen LogP contribution in [-0.4, -0.2) is 11.9 Å². The molecule has 0 aromatic heterocycles. The van der Waals surface area contributed by atoms with Crippen LogP contribution in [0.25, 0.3) is 0 Å². The van der Waals surface area contributed by atoms with Gasteiger partial charge in [0, 0.05) is 16.7 Å². The minimum Gasteiger partial charge on any atom is -0.479 e. The molecular weight excluding hydrogens is 286 g/mol. The quantitative estimate of drug-likeness (QED) is 0.788. The highest BCUT2D eigenvalue weighted by Crippen LogP contribution is 2.21. The topological polar surface area (TPSA) is 26.3 Å². The first kappa shape index (κ1) is 14.5. The minimum absolute atomic E-state index is 0.298. The van der Waals surface area contributed by atoms with Gasteiger partial charge in [0.15, 0.2) is 17.7 Å². The summed E-state index contributed by atoms with van der Waals surface area (Å²) in [5.41, 5.74) is 0.349. The maximum absolute atomic E-state index is 13.4. The van der Waals surface area contributed by atoms with E-state index in [4.69, 9.17) is 16.3 Å². The van der Waals surface area contributed by atoms with Gasteiger partial charge in [-0.1, -0.05) is 23.7 Å². The summed E-state index contributed by atoms with van der Waals surface area (Å²) in [4.78, 5) is 12.1. The van der Waals surface area contributed by atoms with Crippen LogP contribution in [0.2, 0.25) is 5.02 Å². The first-order valence-electron chi connectivity index (χ1n) is 5.89. The molecule has 0 saturated heterocycles. The summed E-state index contributed by atoms with van der Waals surface area (Å²) in [5, 5.41) is 0.417. The van der Waals surface area contributed by atoms with Gasteiger partial charge in [-0.2, -0.15) is 0 Å². The van der Waals surface area contributed by atoms with Crippen molar-refractivity contribution in [3.05, 3.63) is 64.7 Å². The molecule has 0 spiro atoms. The second-order valence-corrected chi connectivity index (χ2v) is 4.65. The highest BCUT2D eigenvalue weighted by Gasteiger charge is 2.19. The molecule has 0 fully saturated rings. The molecule has 5 heteroatoms. The summed E-state index contributed by atoms with van der Waals surface area (Å²) in [7, 11) is 0. The number of halogens is 3. The Morgan fingerprint density at radius 2 is 1.95 bits per heavy atom. The van der Waals surface area contributed by atoms with Crippen LogP contribution in [-0.2, 0) is 0 Å². The van der Waals surface area contributed by atoms with E-state index in [1.807, 2.05) is 0 Å². The molecule has 0 bridgehead atoms. The predicted octanol–water partition coefficient (Wildman–Crippen LogP) is 4.27. The van der Waals surface area contributed by atoms with E-state index in [9.17, 15) is 13.6 Å². The van der Waals surface area contributed by atoms with Gasteiger partial charge in [-0.05, 0) is 31.2 Å². The average molecular weight is 297 g/mol. The number of rotatable bonds is 4. The van der Waals surface area contributed by atoms with Gasteiger partial charge in [0.05, 0.1) is 0 Å². The first-order valence-corrected chi connectivity index (χ1v) is 6.26. The van der Waals surface area contributed by atoms with Gasteiger partial charge in [0.2, 0.25) is 5.78 Å². The van der Waals surface area contributed by atoms with E-state index in [2.05, 4.69) is 0 Å². The first-order chi connectivity index (χ1) is 9.47. The van der Waals surface area contributed by atoms with Crippen LogP contribution in [0.3, 0.4) is 0 Å². The molecule has 0 heterocycles. The molecule has 0 amide bonds. The molecule has 0 aliphatic carbocycles. The van der Waals surface area contributed by atoms with Crippen molar-refractivity contribution in [3.63, 3.8) is 0 Å². The Balaban J connectivity index is 2.17. The Hall–Kier alpha value is -1.94. The van der Waals surface area contributed by atoms with Gasteiger partial charge in [-0.3, -0.25) is 4.79 Å². The maximum Gasteiger partial charge on any atom is 0.203 e. The summed E-state index contributed by atoms with van der Waals surface area (Å²) in [5.74, 6) is -2.02. The van der Waals surface area contributed by atoms with Gasteiger partial charge >= 0.3 is 0 Å². The molecule has 2 aromatic rings. The van der Waals surface area contributed by atoms with Crippen LogP contribution in [0, 0.1) is 11.6 Å². The van der Waals surface area contributed by atoms with Gasteiger partial charge in [0.1, 0.15) is 5.82 Å². The van der Waals surface area contributed by atoms with Crippen LogP contribution in [0.1, 0.15) is 17.3 Å². The zero-order chi connectivity index (χ0) is 14.7. The fourth-order valence-corrected chi connectivity index (χ4v) is 1.88. The zero-order valence-corrected chi connectivity index (χ0v) is 11.3. The highest BCUT2D eigenvalue weighted by atomic mass is 35.5. The lowest BCUT2D eigenvalue weighted by Crippen LogP contribution is -2.24. The van der Waals surface area contributed by atoms with E-state index >= 15 is 0 Å². The number of ketones is 1. The number of benzene rings is 2. The predicted molar refractivity (Wildman–Crippen MR) is 72.2 cm³/mol. The van der Waals surface area contributed by atoms with Crippen molar-refractivity contribution < 1.29 is 18.3 Å². The maximum atomic E-state index is 13.4. The minimum atomic E-state index is -0.954. The molecular formula is C15H11ClF2O2. The number of ether oxygens (including phenoxy) is 1. The van der Waals surface area contributed by atoms with Crippen LogP contribution in [0.5, 0.6) is 5.75 Å². The Morgan fingerprint density at radius 3 is 2.65 bits per heavy atom. The van der Waals surface area contributed by atoms with E-state index in [0.29, 0.717) is 10.6 Å². The van der Waals surface area contributed by atoms with Crippen LogP contribution in [0.15, 0.2) is 42.5 Å². The molecule has 20 heavy (non-hydrogen) atoms. The summed E-state index contributed by atoms with van der Waals surface area (Å²) in [6, 6.07) is 9.16. The summed E-state index contributed by atoms with van der Waals surface area (Å²) >= 11 is 5.80. The van der Waals surface area contributed by atoms with E-state index in [0.717, 1.165) is 18.2 Å². The Morgan fingerprint density at radius 1 is 1.20 bits per heavy atom. The van der Waals surface area contributed by atoms with Gasteiger partial charge < -0.3 is 4.74 Å². The molecule has 104 valence electrons. The van der Waals surface area contributed by atoms with Crippen molar-refractivity contribution in [2.75, 3.05) is 0 Å². The second kappa shape index (κ2) is 6.01. The molecule has 2 rings (SSSR count). The van der Waals surface area contributed by atoms with Crippen molar-refractivity contribution in [1.29, 1.82) is 0 Å². The summed E-state index contributed by atoms with van der Waals surface area (Å²) in [6.07, 6.45) is -0.954. The Kier molecular flexibility index (Phi) is 4.35. The largest absolute Gasteiger partial charge is 0.479 e. The number of hydrogen-bond donors (Lipinski definition) is 0. The lowest BCUT2D eigenvalue weighted by molar-refractivity contribution is 0.0811. The van der Waals surface area contributed by atoms with E-state index < -0.39 is 17.7 Å². The van der Waals surface area contributed by atoms with Gasteiger partial charge in [-0.15, -0.1) is 0 Å². The molecule has 1 atom stereocenters. The molecule has 1 unspecified atom stereocenters. The van der Waals surface area contributed by atoms with Crippen molar-refractivity contribution in [1.82, 2.24) is 0 Å². The van der Waals surface area contributed by atoms with E-state index in [1.54, 1.807) is 18.2 Å². The monoisotopic (exact) mass is 296 g/mol. The lowest BCUT2D eigenvalue weighted by atomic mass is 10.1. The van der Waals surface area contributed by atoms with Gasteiger partial charge in [-0.25, -0.2) is 8.78 Å². The van der Waals surface area contributed by atoms with Crippen LogP contribution >= 0.6 is 11.6 Å². The highest BCUT2D eigenvalue weighted by molar-refractivity contribution is 6.31. The van der Waals surface area contributed by atoms with Crippen LogP contribution in [0.4, 0.5) is 8.78 Å². The third-order valence-electron chi connectivity index (χ3n) is 2.68. The molecule has 0 aliphatic rings. The zero-order valence-electron chi connectivity index (χ0n) is 10.6. The number of carbonyl (C=O) groups is 1. The molecule has 0 radical (unpaired) electrons. The molecule has 0 aliphatic heterocycles. The lowest BCUT2D eigenvalue weighted by Gasteiger charge is -2.14. The summed E-state index contributed by atoms with van der Waals surface area (Å²) < 4.78 is 31.6. The third-order valence-corrected chi connectivity index (χ3v) is 2.91. The van der Waals surface area contributed by atoms with Crippen molar-refractivity contribution in [3.8, 4) is 5.75 Å². The van der Waals surface area contributed by atoms with Crippen molar-refractivity contribution >= 4 is 17.4 Å². The Labute approximate surface area is 119 Å². The van der Waals surface area contributed by atoms with Crippen LogP contribution < -0.4 is 4.74 Å². The molecule has 2 nitrogen and oxygen atoms in total. The molecule has 2 aromatic carbocycles. The third kappa shape index (κ3) is 3.33. The number of Topliss-reactive ketones (excluding diaryl/α,β-unsaturated/α-hetero) is 1. The molecule has 0 saturated carbocycles. The smallest absolute Gasteiger partial charge is 0.203 e. The number of hydrogen-bond acceptors (Lipinski definition) is 2. The van der Waals surface area contributed by atoms with Crippen molar-refractivity contribution in [2.45, 2.75) is 13.0 Å². The summed E-state index contributed by atoms with van der Waals surface area (Å²) in [6.45, 7) is 1.47. The van der Waals surface area contributed by atoms with Crippen molar-refractivity contribution in [2.24, 2.45) is 0 Å². The van der Waals surface area contributed by atoms with E-state index in [-0.39, 0.29) is 11.5 Å². The normalized spacial score (nSPS) is 12.0. The fourth-order valence-electron chi connectivity index (χ4n) is 1.69. The second-order valence-electron chi connectivity index (χ2n) is 4.21. The molecule has 0 N–H and O–H groups in total. The average Bonchev–Trinajstić information content (AvgIpc) is 2.42. The fraction of sp³-hybridized carbons (Fsp3) is 0.133. The Bertz CT molecular complexity index is 644.